The molecule has 3 atom stereocenters. The van der Waals surface area contributed by atoms with Crippen molar-refractivity contribution in [1.29, 1.82) is 0 Å². The molecule has 1 aromatic carbocycles. The molecule has 1 aromatic rings. The topological polar surface area (TPSA) is 42.0 Å². The van der Waals surface area contributed by atoms with Crippen molar-refractivity contribution in [2.24, 2.45) is 0 Å². The number of hydrogen-bond acceptors (Lipinski definition) is 4. The van der Waals surface area contributed by atoms with Crippen molar-refractivity contribution < 1.29 is 14.3 Å². The SMILES string of the molecule is COc1ccc(CN2CC[C@H]3O[C@H](C(=O)N(C)C)CC[C@H]32)cc1. The molecule has 1 amide bonds. The van der Waals surface area contributed by atoms with Gasteiger partial charge in [-0.1, -0.05) is 12.1 Å². The summed E-state index contributed by atoms with van der Waals surface area (Å²) in [5, 5.41) is 0. The molecule has 0 radical (unpaired) electrons. The molecule has 0 saturated carbocycles. The van der Waals surface area contributed by atoms with E-state index in [1.807, 2.05) is 12.1 Å². The molecular weight excluding hydrogens is 292 g/mol. The number of ether oxygens (including phenoxy) is 2. The summed E-state index contributed by atoms with van der Waals surface area (Å²) in [5.41, 5.74) is 1.29. The summed E-state index contributed by atoms with van der Waals surface area (Å²) in [6.45, 7) is 1.96. The Hall–Kier alpha value is -1.59. The molecular formula is C18H26N2O3. The number of hydrogen-bond donors (Lipinski definition) is 0. The molecule has 0 bridgehead atoms. The van der Waals surface area contributed by atoms with Gasteiger partial charge in [0.15, 0.2) is 0 Å². The van der Waals surface area contributed by atoms with Crippen molar-refractivity contribution in [2.45, 2.75) is 44.1 Å². The molecule has 5 heteroatoms. The Morgan fingerprint density at radius 2 is 2.00 bits per heavy atom. The molecule has 2 fully saturated rings. The van der Waals surface area contributed by atoms with Crippen LogP contribution < -0.4 is 4.74 Å². The Labute approximate surface area is 138 Å². The van der Waals surface area contributed by atoms with E-state index in [0.29, 0.717) is 6.04 Å². The van der Waals surface area contributed by atoms with Gasteiger partial charge >= 0.3 is 0 Å². The molecule has 0 unspecified atom stereocenters. The van der Waals surface area contributed by atoms with Gasteiger partial charge < -0.3 is 14.4 Å². The number of amides is 1. The molecule has 2 aliphatic heterocycles. The van der Waals surface area contributed by atoms with Crippen LogP contribution >= 0.6 is 0 Å². The van der Waals surface area contributed by atoms with Gasteiger partial charge in [-0.05, 0) is 37.0 Å². The van der Waals surface area contributed by atoms with Crippen LogP contribution in [0.15, 0.2) is 24.3 Å². The summed E-state index contributed by atoms with van der Waals surface area (Å²) in [7, 11) is 5.27. The predicted molar refractivity (Wildman–Crippen MR) is 88.4 cm³/mol. The van der Waals surface area contributed by atoms with E-state index < -0.39 is 0 Å². The molecule has 5 nitrogen and oxygen atoms in total. The molecule has 2 aliphatic rings. The molecule has 3 rings (SSSR count). The van der Waals surface area contributed by atoms with Gasteiger partial charge in [0.25, 0.3) is 5.91 Å². The second kappa shape index (κ2) is 6.89. The zero-order chi connectivity index (χ0) is 16.4. The molecule has 0 aliphatic carbocycles. The standard InChI is InChI=1S/C18H26N2O3/c1-19(2)18(21)17-9-8-15-16(23-17)10-11-20(15)12-13-4-6-14(22-3)7-5-13/h4-7,15-17H,8-12H2,1-3H3/t15-,16-,17+/m1/s1. The summed E-state index contributed by atoms with van der Waals surface area (Å²) in [5.74, 6) is 0.983. The summed E-state index contributed by atoms with van der Waals surface area (Å²) in [6, 6.07) is 8.68. The minimum Gasteiger partial charge on any atom is -0.497 e. The lowest BCUT2D eigenvalue weighted by atomic mass is 9.98. The van der Waals surface area contributed by atoms with E-state index in [0.717, 1.165) is 38.1 Å². The Morgan fingerprint density at radius 3 is 2.65 bits per heavy atom. The lowest BCUT2D eigenvalue weighted by Gasteiger charge is -2.36. The maximum absolute atomic E-state index is 12.1. The first-order valence-electron chi connectivity index (χ1n) is 8.32. The highest BCUT2D eigenvalue weighted by molar-refractivity contribution is 5.80. The van der Waals surface area contributed by atoms with Gasteiger partial charge in [-0.3, -0.25) is 9.69 Å². The van der Waals surface area contributed by atoms with E-state index in [1.165, 1.54) is 5.56 Å². The third-order valence-electron chi connectivity index (χ3n) is 4.92. The Morgan fingerprint density at radius 1 is 1.26 bits per heavy atom. The molecule has 0 aromatic heterocycles. The first-order chi connectivity index (χ1) is 11.1. The fourth-order valence-electron chi connectivity index (χ4n) is 3.65. The summed E-state index contributed by atoms with van der Waals surface area (Å²) in [4.78, 5) is 16.2. The first kappa shape index (κ1) is 16.3. The van der Waals surface area contributed by atoms with Crippen molar-refractivity contribution >= 4 is 5.91 Å². The van der Waals surface area contributed by atoms with Crippen LogP contribution in [0.5, 0.6) is 5.75 Å². The highest BCUT2D eigenvalue weighted by Crippen LogP contribution is 2.33. The zero-order valence-electron chi connectivity index (χ0n) is 14.2. The number of carbonyl (C=O) groups is 1. The average Bonchev–Trinajstić information content (AvgIpc) is 2.97. The number of nitrogens with zero attached hydrogens (tertiary/aromatic N) is 2. The van der Waals surface area contributed by atoms with Gasteiger partial charge in [-0.15, -0.1) is 0 Å². The second-order valence-corrected chi connectivity index (χ2v) is 6.65. The Balaban J connectivity index is 1.59. The number of rotatable bonds is 4. The smallest absolute Gasteiger partial charge is 0.251 e. The molecule has 0 N–H and O–H groups in total. The second-order valence-electron chi connectivity index (χ2n) is 6.65. The van der Waals surface area contributed by atoms with Gasteiger partial charge in [0, 0.05) is 33.2 Å². The van der Waals surface area contributed by atoms with E-state index in [9.17, 15) is 4.79 Å². The zero-order valence-corrected chi connectivity index (χ0v) is 14.2. The highest BCUT2D eigenvalue weighted by Gasteiger charge is 2.41. The number of likely N-dealkylation sites (tertiary alicyclic amines) is 1. The number of fused-ring (bicyclic) bond motifs is 1. The van der Waals surface area contributed by atoms with Gasteiger partial charge in [0.05, 0.1) is 13.2 Å². The van der Waals surface area contributed by atoms with Gasteiger partial charge in [0.2, 0.25) is 0 Å². The quantitative estimate of drug-likeness (QED) is 0.850. The van der Waals surface area contributed by atoms with Crippen molar-refractivity contribution in [3.05, 3.63) is 29.8 Å². The largest absolute Gasteiger partial charge is 0.497 e. The molecule has 0 spiro atoms. The molecule has 2 saturated heterocycles. The van der Waals surface area contributed by atoms with Crippen molar-refractivity contribution in [3.63, 3.8) is 0 Å². The van der Waals surface area contributed by atoms with Crippen LogP contribution in [0.4, 0.5) is 0 Å². The molecule has 126 valence electrons. The third-order valence-corrected chi connectivity index (χ3v) is 4.92. The minimum absolute atomic E-state index is 0.0945. The molecule has 23 heavy (non-hydrogen) atoms. The third kappa shape index (κ3) is 3.51. The Bertz CT molecular complexity index is 544. The van der Waals surface area contributed by atoms with Crippen molar-refractivity contribution in [2.75, 3.05) is 27.7 Å². The average molecular weight is 318 g/mol. The van der Waals surface area contributed by atoms with Crippen LogP contribution in [0, 0.1) is 0 Å². The van der Waals surface area contributed by atoms with Crippen LogP contribution in [0.1, 0.15) is 24.8 Å². The van der Waals surface area contributed by atoms with Crippen LogP contribution in [0.25, 0.3) is 0 Å². The number of methoxy groups -OCH3 is 1. The monoisotopic (exact) mass is 318 g/mol. The van der Waals surface area contributed by atoms with Crippen molar-refractivity contribution in [3.8, 4) is 5.75 Å². The van der Waals surface area contributed by atoms with Crippen LogP contribution in [0.2, 0.25) is 0 Å². The van der Waals surface area contributed by atoms with E-state index in [4.69, 9.17) is 9.47 Å². The van der Waals surface area contributed by atoms with Gasteiger partial charge in [-0.25, -0.2) is 0 Å². The van der Waals surface area contributed by atoms with E-state index in [1.54, 1.807) is 26.1 Å². The van der Waals surface area contributed by atoms with E-state index in [2.05, 4.69) is 17.0 Å². The fourth-order valence-corrected chi connectivity index (χ4v) is 3.65. The van der Waals surface area contributed by atoms with Crippen molar-refractivity contribution in [1.82, 2.24) is 9.80 Å². The minimum atomic E-state index is -0.257. The predicted octanol–water partition coefficient (Wildman–Crippen LogP) is 1.91. The molecule has 2 heterocycles. The first-order valence-corrected chi connectivity index (χ1v) is 8.32. The lowest BCUT2D eigenvalue weighted by molar-refractivity contribution is -0.152. The maximum Gasteiger partial charge on any atom is 0.251 e. The normalized spacial score (nSPS) is 27.5. The number of likely N-dealkylation sites (N-methyl/N-ethyl adjacent to an activating group) is 1. The van der Waals surface area contributed by atoms with Crippen LogP contribution in [-0.2, 0) is 16.1 Å². The van der Waals surface area contributed by atoms with Crippen LogP contribution in [-0.4, -0.2) is 61.7 Å². The number of benzene rings is 1. The van der Waals surface area contributed by atoms with Crippen LogP contribution in [0.3, 0.4) is 0 Å². The van der Waals surface area contributed by atoms with E-state index >= 15 is 0 Å². The van der Waals surface area contributed by atoms with E-state index in [-0.39, 0.29) is 18.1 Å². The Kier molecular flexibility index (Phi) is 4.87. The van der Waals surface area contributed by atoms with Gasteiger partial charge in [0.1, 0.15) is 11.9 Å². The number of carbonyl (C=O) groups excluding carboxylic acids is 1. The lowest BCUT2D eigenvalue weighted by Crippen LogP contribution is -2.47. The van der Waals surface area contributed by atoms with Gasteiger partial charge in [-0.2, -0.15) is 0 Å². The maximum atomic E-state index is 12.1. The summed E-state index contributed by atoms with van der Waals surface area (Å²) in [6.07, 6.45) is 2.79. The highest BCUT2D eigenvalue weighted by atomic mass is 16.5. The fraction of sp³-hybridized carbons (Fsp3) is 0.611. The summed E-state index contributed by atoms with van der Waals surface area (Å²) < 4.78 is 11.3. The summed E-state index contributed by atoms with van der Waals surface area (Å²) >= 11 is 0.